The van der Waals surface area contributed by atoms with Gasteiger partial charge in [0.1, 0.15) is 0 Å². The molecule has 0 spiro atoms. The van der Waals surface area contributed by atoms with Crippen LogP contribution in [0.25, 0.3) is 0 Å². The van der Waals surface area contributed by atoms with E-state index in [0.29, 0.717) is 6.54 Å². The molecule has 0 aliphatic carbocycles. The monoisotopic (exact) mass is 202 g/mol. The molecular weight excluding hydrogens is 180 g/mol. The number of piperidine rings is 1. The number of rotatable bonds is 4. The van der Waals surface area contributed by atoms with Crippen molar-refractivity contribution in [2.75, 3.05) is 33.4 Å². The minimum atomic E-state index is -0.0686. The molecule has 4 heteroatoms. The van der Waals surface area contributed by atoms with E-state index in [0.717, 1.165) is 25.9 Å². The van der Waals surface area contributed by atoms with Crippen LogP contribution in [0.5, 0.6) is 0 Å². The number of nitrogens with two attached hydrogens (primary N) is 1. The molecule has 84 valence electrons. The van der Waals surface area contributed by atoms with Gasteiger partial charge in [0, 0.05) is 26.2 Å². The van der Waals surface area contributed by atoms with Gasteiger partial charge < -0.3 is 15.6 Å². The first-order valence-electron chi connectivity index (χ1n) is 5.25. The Hall–Kier alpha value is -0.160. The lowest BCUT2D eigenvalue weighted by atomic mass is 9.93. The molecule has 1 fully saturated rings. The summed E-state index contributed by atoms with van der Waals surface area (Å²) in [4.78, 5) is 2.23. The normalized spacial score (nSPS) is 31.7. The summed E-state index contributed by atoms with van der Waals surface area (Å²) < 4.78 is 5.48. The highest BCUT2D eigenvalue weighted by Crippen LogP contribution is 2.24. The first-order chi connectivity index (χ1) is 6.65. The summed E-state index contributed by atoms with van der Waals surface area (Å²) in [6.07, 6.45) is 2.20. The van der Waals surface area contributed by atoms with Crippen molar-refractivity contribution in [2.24, 2.45) is 5.73 Å². The van der Waals surface area contributed by atoms with Crippen molar-refractivity contribution in [1.29, 1.82) is 0 Å². The Kier molecular flexibility index (Phi) is 4.31. The van der Waals surface area contributed by atoms with Gasteiger partial charge in [-0.25, -0.2) is 0 Å². The van der Waals surface area contributed by atoms with Gasteiger partial charge in [-0.15, -0.1) is 0 Å². The number of aliphatic hydroxyl groups is 1. The number of hydrogen-bond acceptors (Lipinski definition) is 4. The highest BCUT2D eigenvalue weighted by molar-refractivity contribution is 4.87. The fourth-order valence-electron chi connectivity index (χ4n) is 2.06. The van der Waals surface area contributed by atoms with Crippen LogP contribution >= 0.6 is 0 Å². The molecular formula is C10H22N2O2. The van der Waals surface area contributed by atoms with Crippen molar-refractivity contribution in [3.63, 3.8) is 0 Å². The molecule has 0 aromatic carbocycles. The third-order valence-electron chi connectivity index (χ3n) is 3.18. The zero-order valence-corrected chi connectivity index (χ0v) is 9.20. The Bertz CT molecular complexity index is 174. The molecule has 1 rings (SSSR count). The predicted molar refractivity (Wildman–Crippen MR) is 56.1 cm³/mol. The molecule has 0 amide bonds. The molecule has 0 radical (unpaired) electrons. The first kappa shape index (κ1) is 11.9. The van der Waals surface area contributed by atoms with Gasteiger partial charge in [-0.1, -0.05) is 0 Å². The molecule has 0 bridgehead atoms. The van der Waals surface area contributed by atoms with Crippen LogP contribution in [0.2, 0.25) is 0 Å². The van der Waals surface area contributed by atoms with Crippen LogP contribution in [-0.4, -0.2) is 55.0 Å². The van der Waals surface area contributed by atoms with Gasteiger partial charge in [0.15, 0.2) is 0 Å². The smallest absolute Gasteiger partial charge is 0.0777 e. The van der Waals surface area contributed by atoms with Crippen molar-refractivity contribution in [3.8, 4) is 0 Å². The minimum absolute atomic E-state index is 0.0686. The Labute approximate surface area is 86.0 Å². The summed E-state index contributed by atoms with van der Waals surface area (Å²) in [7, 11) is 1.75. The summed E-state index contributed by atoms with van der Waals surface area (Å²) >= 11 is 0. The SMILES string of the molecule is COC1(C)CCCN(C(CN)CO)C1. The highest BCUT2D eigenvalue weighted by Gasteiger charge is 2.33. The van der Waals surface area contributed by atoms with E-state index in [1.165, 1.54) is 0 Å². The zero-order valence-electron chi connectivity index (χ0n) is 9.20. The van der Waals surface area contributed by atoms with Crippen molar-refractivity contribution in [2.45, 2.75) is 31.4 Å². The number of likely N-dealkylation sites (tertiary alicyclic amines) is 1. The molecule has 3 N–H and O–H groups in total. The second-order valence-corrected chi connectivity index (χ2v) is 4.30. The molecule has 1 saturated heterocycles. The van der Waals surface area contributed by atoms with Crippen LogP contribution in [0.1, 0.15) is 19.8 Å². The molecule has 2 unspecified atom stereocenters. The van der Waals surface area contributed by atoms with Gasteiger partial charge in [0.25, 0.3) is 0 Å². The molecule has 14 heavy (non-hydrogen) atoms. The Morgan fingerprint density at radius 2 is 2.36 bits per heavy atom. The average molecular weight is 202 g/mol. The summed E-state index contributed by atoms with van der Waals surface area (Å²) in [5.74, 6) is 0. The Morgan fingerprint density at radius 3 is 2.86 bits per heavy atom. The topological polar surface area (TPSA) is 58.7 Å². The fraction of sp³-hybridized carbons (Fsp3) is 1.00. The number of nitrogens with zero attached hydrogens (tertiary/aromatic N) is 1. The van der Waals surface area contributed by atoms with Crippen LogP contribution in [0.15, 0.2) is 0 Å². The maximum Gasteiger partial charge on any atom is 0.0777 e. The van der Waals surface area contributed by atoms with Gasteiger partial charge in [0.2, 0.25) is 0 Å². The summed E-state index contributed by atoms with van der Waals surface area (Å²) in [6.45, 7) is 4.64. The molecule has 4 nitrogen and oxygen atoms in total. The van der Waals surface area contributed by atoms with E-state index in [2.05, 4.69) is 11.8 Å². The summed E-state index contributed by atoms with van der Waals surface area (Å²) in [6, 6.07) is 0.0878. The van der Waals surface area contributed by atoms with Gasteiger partial charge in [-0.05, 0) is 26.3 Å². The molecule has 0 aromatic heterocycles. The molecule has 0 aromatic rings. The molecule has 0 saturated carbocycles. The van der Waals surface area contributed by atoms with Crippen LogP contribution in [0.3, 0.4) is 0 Å². The number of hydrogen-bond donors (Lipinski definition) is 2. The number of ether oxygens (including phenoxy) is 1. The van der Waals surface area contributed by atoms with Crippen LogP contribution in [0.4, 0.5) is 0 Å². The largest absolute Gasteiger partial charge is 0.395 e. The second kappa shape index (κ2) is 5.07. The zero-order chi connectivity index (χ0) is 10.6. The maximum absolute atomic E-state index is 9.16. The standard InChI is InChI=1S/C10H22N2O2/c1-10(14-2)4-3-5-12(8-10)9(6-11)7-13/h9,13H,3-8,11H2,1-2H3. The van der Waals surface area contributed by atoms with E-state index < -0.39 is 0 Å². The first-order valence-corrected chi connectivity index (χ1v) is 5.25. The second-order valence-electron chi connectivity index (χ2n) is 4.30. The molecule has 2 atom stereocenters. The van der Waals surface area contributed by atoms with Crippen LogP contribution in [-0.2, 0) is 4.74 Å². The number of methoxy groups -OCH3 is 1. The van der Waals surface area contributed by atoms with E-state index in [1.807, 2.05) is 0 Å². The summed E-state index contributed by atoms with van der Waals surface area (Å²) in [5, 5.41) is 9.16. The summed E-state index contributed by atoms with van der Waals surface area (Å²) in [5.41, 5.74) is 5.53. The van der Waals surface area contributed by atoms with Gasteiger partial charge in [-0.3, -0.25) is 4.90 Å². The third kappa shape index (κ3) is 2.67. The quantitative estimate of drug-likeness (QED) is 0.663. The van der Waals surface area contributed by atoms with Crippen LogP contribution in [0, 0.1) is 0 Å². The lowest BCUT2D eigenvalue weighted by molar-refractivity contribution is -0.0650. The molecule has 1 aliphatic rings. The Balaban J connectivity index is 2.54. The van der Waals surface area contributed by atoms with Crippen molar-refractivity contribution in [3.05, 3.63) is 0 Å². The van der Waals surface area contributed by atoms with E-state index >= 15 is 0 Å². The fourth-order valence-corrected chi connectivity index (χ4v) is 2.06. The predicted octanol–water partition coefficient (Wildman–Crippen LogP) is -0.193. The minimum Gasteiger partial charge on any atom is -0.395 e. The van der Waals surface area contributed by atoms with E-state index in [-0.39, 0.29) is 18.2 Å². The van der Waals surface area contributed by atoms with E-state index in [9.17, 15) is 0 Å². The van der Waals surface area contributed by atoms with Gasteiger partial charge in [-0.2, -0.15) is 0 Å². The van der Waals surface area contributed by atoms with Crippen molar-refractivity contribution < 1.29 is 9.84 Å². The van der Waals surface area contributed by atoms with E-state index in [4.69, 9.17) is 15.6 Å². The number of aliphatic hydroxyl groups excluding tert-OH is 1. The maximum atomic E-state index is 9.16. The lowest BCUT2D eigenvalue weighted by Crippen LogP contribution is -2.54. The molecule has 1 heterocycles. The van der Waals surface area contributed by atoms with E-state index in [1.54, 1.807) is 7.11 Å². The van der Waals surface area contributed by atoms with Crippen molar-refractivity contribution >= 4 is 0 Å². The lowest BCUT2D eigenvalue weighted by Gasteiger charge is -2.42. The van der Waals surface area contributed by atoms with Crippen molar-refractivity contribution in [1.82, 2.24) is 4.90 Å². The highest BCUT2D eigenvalue weighted by atomic mass is 16.5. The third-order valence-corrected chi connectivity index (χ3v) is 3.18. The average Bonchev–Trinajstić information content (AvgIpc) is 2.20. The Morgan fingerprint density at radius 1 is 1.64 bits per heavy atom. The van der Waals surface area contributed by atoms with Gasteiger partial charge >= 0.3 is 0 Å². The van der Waals surface area contributed by atoms with Crippen LogP contribution < -0.4 is 5.73 Å². The molecule has 1 aliphatic heterocycles. The van der Waals surface area contributed by atoms with Gasteiger partial charge in [0.05, 0.1) is 12.2 Å².